The van der Waals surface area contributed by atoms with Gasteiger partial charge in [0.2, 0.25) is 0 Å². The van der Waals surface area contributed by atoms with Crippen LogP contribution in [0.5, 0.6) is 0 Å². The van der Waals surface area contributed by atoms with Crippen LogP contribution in [0.4, 0.5) is 0 Å². The highest BCUT2D eigenvalue weighted by atomic mass is 16.2. The molecule has 0 saturated carbocycles. The molecule has 1 aliphatic rings. The Labute approximate surface area is 102 Å². The first-order valence-corrected chi connectivity index (χ1v) is 6.15. The molecule has 1 N–H and O–H groups in total. The number of carbonyl (C=O) groups excluding carboxylic acids is 1. The Hall–Kier alpha value is -1.36. The largest absolute Gasteiger partial charge is 0.336 e. The number of rotatable bonds is 3. The number of hydrogen-bond donors (Lipinski definition) is 1. The van der Waals surface area contributed by atoms with Crippen LogP contribution in [-0.2, 0) is 6.54 Å². The van der Waals surface area contributed by atoms with Crippen molar-refractivity contribution in [2.24, 2.45) is 0 Å². The molecule has 1 amide bonds. The molecule has 94 valence electrons. The average molecular weight is 236 g/mol. The Balaban J connectivity index is 2.17. The summed E-state index contributed by atoms with van der Waals surface area (Å²) in [5.41, 5.74) is 1.59. The number of nitrogens with zero attached hydrogens (tertiary/aromatic N) is 3. The lowest BCUT2D eigenvalue weighted by molar-refractivity contribution is 0.0731. The molecule has 0 aromatic carbocycles. The van der Waals surface area contributed by atoms with E-state index in [9.17, 15) is 4.79 Å². The van der Waals surface area contributed by atoms with E-state index in [0.717, 1.165) is 31.7 Å². The predicted molar refractivity (Wildman–Crippen MR) is 66.0 cm³/mol. The summed E-state index contributed by atoms with van der Waals surface area (Å²) in [6.07, 6.45) is 1.03. The SMILES string of the molecule is CCn1nc(C)cc1C(=O)N(C)C1CCNC1. The van der Waals surface area contributed by atoms with Crippen molar-refractivity contribution in [2.75, 3.05) is 20.1 Å². The highest BCUT2D eigenvalue weighted by molar-refractivity contribution is 5.92. The molecular weight excluding hydrogens is 216 g/mol. The number of nitrogens with one attached hydrogen (secondary N) is 1. The molecule has 1 saturated heterocycles. The van der Waals surface area contributed by atoms with Gasteiger partial charge in [-0.2, -0.15) is 5.10 Å². The molecule has 0 bridgehead atoms. The van der Waals surface area contributed by atoms with Gasteiger partial charge in [0.1, 0.15) is 5.69 Å². The minimum atomic E-state index is 0.0705. The van der Waals surface area contributed by atoms with Crippen molar-refractivity contribution in [3.05, 3.63) is 17.5 Å². The van der Waals surface area contributed by atoms with Gasteiger partial charge < -0.3 is 10.2 Å². The van der Waals surface area contributed by atoms with Crippen LogP contribution in [0.2, 0.25) is 0 Å². The van der Waals surface area contributed by atoms with Crippen LogP contribution in [-0.4, -0.2) is 46.8 Å². The zero-order valence-electron chi connectivity index (χ0n) is 10.7. The smallest absolute Gasteiger partial charge is 0.272 e. The molecule has 17 heavy (non-hydrogen) atoms. The zero-order chi connectivity index (χ0) is 12.4. The van der Waals surface area contributed by atoms with Crippen molar-refractivity contribution in [3.8, 4) is 0 Å². The molecule has 5 heteroatoms. The quantitative estimate of drug-likeness (QED) is 0.838. The van der Waals surface area contributed by atoms with Crippen molar-refractivity contribution >= 4 is 5.91 Å². The van der Waals surface area contributed by atoms with Gasteiger partial charge in [-0.15, -0.1) is 0 Å². The van der Waals surface area contributed by atoms with Crippen LogP contribution < -0.4 is 5.32 Å². The third-order valence-corrected chi connectivity index (χ3v) is 3.32. The molecule has 2 heterocycles. The highest BCUT2D eigenvalue weighted by Gasteiger charge is 2.26. The first kappa shape index (κ1) is 12.1. The van der Waals surface area contributed by atoms with Gasteiger partial charge in [0.05, 0.1) is 5.69 Å². The van der Waals surface area contributed by atoms with Gasteiger partial charge in [-0.3, -0.25) is 9.48 Å². The third-order valence-electron chi connectivity index (χ3n) is 3.32. The Morgan fingerprint density at radius 1 is 1.71 bits per heavy atom. The van der Waals surface area contributed by atoms with Gasteiger partial charge in [-0.05, 0) is 32.9 Å². The topological polar surface area (TPSA) is 50.2 Å². The fourth-order valence-electron chi connectivity index (χ4n) is 2.28. The monoisotopic (exact) mass is 236 g/mol. The number of amides is 1. The molecule has 0 radical (unpaired) electrons. The molecular formula is C12H20N4O. The second kappa shape index (κ2) is 4.87. The Kier molecular flexibility index (Phi) is 3.47. The number of hydrogen-bond acceptors (Lipinski definition) is 3. The lowest BCUT2D eigenvalue weighted by Crippen LogP contribution is -2.39. The van der Waals surface area contributed by atoms with E-state index < -0.39 is 0 Å². The summed E-state index contributed by atoms with van der Waals surface area (Å²) in [6, 6.07) is 2.17. The van der Waals surface area contributed by atoms with Crippen LogP contribution in [0.15, 0.2) is 6.07 Å². The number of aromatic nitrogens is 2. The van der Waals surface area contributed by atoms with Crippen LogP contribution in [0.3, 0.4) is 0 Å². The molecule has 1 aromatic heterocycles. The predicted octanol–water partition coefficient (Wildman–Crippen LogP) is 0.645. The van der Waals surface area contributed by atoms with E-state index in [-0.39, 0.29) is 5.91 Å². The van der Waals surface area contributed by atoms with Crippen LogP contribution >= 0.6 is 0 Å². The summed E-state index contributed by atoms with van der Waals surface area (Å²) in [6.45, 7) is 6.53. The maximum absolute atomic E-state index is 12.4. The van der Waals surface area contributed by atoms with Crippen molar-refractivity contribution in [1.82, 2.24) is 20.0 Å². The van der Waals surface area contributed by atoms with Gasteiger partial charge in [-0.1, -0.05) is 0 Å². The van der Waals surface area contributed by atoms with Crippen LogP contribution in [0, 0.1) is 6.92 Å². The van der Waals surface area contributed by atoms with Gasteiger partial charge in [0, 0.05) is 26.2 Å². The average Bonchev–Trinajstić information content (AvgIpc) is 2.95. The summed E-state index contributed by atoms with van der Waals surface area (Å²) in [5.74, 6) is 0.0705. The number of carbonyl (C=O) groups is 1. The minimum Gasteiger partial charge on any atom is -0.336 e. The zero-order valence-corrected chi connectivity index (χ0v) is 10.7. The van der Waals surface area contributed by atoms with Crippen LogP contribution in [0.1, 0.15) is 29.5 Å². The maximum Gasteiger partial charge on any atom is 0.272 e. The summed E-state index contributed by atoms with van der Waals surface area (Å²) in [4.78, 5) is 14.2. The van der Waals surface area contributed by atoms with Crippen molar-refractivity contribution in [1.29, 1.82) is 0 Å². The van der Waals surface area contributed by atoms with Gasteiger partial charge in [0.15, 0.2) is 0 Å². The minimum absolute atomic E-state index is 0.0705. The fourth-order valence-corrected chi connectivity index (χ4v) is 2.28. The van der Waals surface area contributed by atoms with Crippen molar-refractivity contribution in [2.45, 2.75) is 32.9 Å². The van der Waals surface area contributed by atoms with E-state index in [1.807, 2.05) is 31.9 Å². The summed E-state index contributed by atoms with van der Waals surface area (Å²) < 4.78 is 1.77. The van der Waals surface area contributed by atoms with E-state index in [1.54, 1.807) is 4.68 Å². The molecule has 1 unspecified atom stereocenters. The molecule has 1 fully saturated rings. The van der Waals surface area contributed by atoms with Gasteiger partial charge in [-0.25, -0.2) is 0 Å². The Morgan fingerprint density at radius 3 is 3.06 bits per heavy atom. The Bertz CT molecular complexity index is 407. The molecule has 5 nitrogen and oxygen atoms in total. The summed E-state index contributed by atoms with van der Waals surface area (Å²) >= 11 is 0. The summed E-state index contributed by atoms with van der Waals surface area (Å²) in [5, 5.41) is 7.59. The third kappa shape index (κ3) is 2.34. The Morgan fingerprint density at radius 2 is 2.47 bits per heavy atom. The second-order valence-electron chi connectivity index (χ2n) is 4.55. The molecule has 0 aliphatic carbocycles. The normalized spacial score (nSPS) is 19.6. The van der Waals surface area contributed by atoms with E-state index in [1.165, 1.54) is 0 Å². The van der Waals surface area contributed by atoms with E-state index in [2.05, 4.69) is 10.4 Å². The standard InChI is InChI=1S/C12H20N4O/c1-4-16-11(7-9(2)14-16)12(17)15(3)10-5-6-13-8-10/h7,10,13H,4-6,8H2,1-3H3. The van der Waals surface area contributed by atoms with Gasteiger partial charge in [0.25, 0.3) is 5.91 Å². The lowest BCUT2D eigenvalue weighted by Gasteiger charge is -2.23. The molecule has 0 spiro atoms. The maximum atomic E-state index is 12.4. The van der Waals surface area contributed by atoms with Crippen molar-refractivity contribution < 1.29 is 4.79 Å². The molecule has 1 aromatic rings. The fraction of sp³-hybridized carbons (Fsp3) is 0.667. The van der Waals surface area contributed by atoms with Crippen molar-refractivity contribution in [3.63, 3.8) is 0 Å². The number of likely N-dealkylation sites (N-methyl/N-ethyl adjacent to an activating group) is 1. The summed E-state index contributed by atoms with van der Waals surface area (Å²) in [7, 11) is 1.88. The first-order valence-electron chi connectivity index (χ1n) is 6.15. The molecule has 1 atom stereocenters. The van der Waals surface area contributed by atoms with Gasteiger partial charge >= 0.3 is 0 Å². The van der Waals surface area contributed by atoms with Crippen LogP contribution in [0.25, 0.3) is 0 Å². The lowest BCUT2D eigenvalue weighted by atomic mass is 10.2. The first-order chi connectivity index (χ1) is 8.13. The van der Waals surface area contributed by atoms with E-state index in [0.29, 0.717) is 11.7 Å². The molecule has 2 rings (SSSR count). The van der Waals surface area contributed by atoms with E-state index >= 15 is 0 Å². The second-order valence-corrected chi connectivity index (χ2v) is 4.55. The molecule has 1 aliphatic heterocycles. The van der Waals surface area contributed by atoms with E-state index in [4.69, 9.17) is 0 Å². The highest BCUT2D eigenvalue weighted by Crippen LogP contribution is 2.12. The number of aryl methyl sites for hydroxylation is 2.